The molecule has 0 bridgehead atoms. The van der Waals surface area contributed by atoms with Crippen molar-refractivity contribution in [2.45, 2.75) is 51.4 Å². The Morgan fingerprint density at radius 3 is 2.72 bits per heavy atom. The van der Waals surface area contributed by atoms with Gasteiger partial charge in [0.15, 0.2) is 0 Å². The zero-order valence-corrected chi connectivity index (χ0v) is 16.3. The summed E-state index contributed by atoms with van der Waals surface area (Å²) in [6.07, 6.45) is 8.25. The topological polar surface area (TPSA) is 95.2 Å². The summed E-state index contributed by atoms with van der Waals surface area (Å²) >= 11 is 0. The first-order valence-electron chi connectivity index (χ1n) is 10.3. The minimum Gasteiger partial charge on any atom is -0.424 e. The number of benzene rings is 1. The van der Waals surface area contributed by atoms with Crippen molar-refractivity contribution >= 4 is 11.5 Å². The van der Waals surface area contributed by atoms with Crippen molar-refractivity contribution in [3.63, 3.8) is 0 Å². The number of rotatable bonds is 3. The fraction of sp³-hybridized carbons (Fsp3) is 0.500. The Morgan fingerprint density at radius 1 is 1.17 bits per heavy atom. The maximum Gasteiger partial charge on any atom is 0.322 e. The lowest BCUT2D eigenvalue weighted by atomic mass is 9.55. The molecule has 3 aliphatic rings. The third kappa shape index (κ3) is 2.91. The van der Waals surface area contributed by atoms with E-state index in [1.807, 2.05) is 12.1 Å². The number of Topliss-reactive ketones (excluding diaryl/α,β-unsaturated/α-hetero) is 1. The average molecular weight is 393 g/mol. The standard InChI is InChI=1S/C22H23N3O4/c1-22-9-8-17-16-5-3-15(29-21-23-11-14(12-24-21)25(27)28)10-13(16)2-4-18(17)19(22)6-7-20(22)26/h3,5,10-12,17-19H,2,4,6-9H2,1H3/t17-,18?,19+,22+/m1/s1. The van der Waals surface area contributed by atoms with Crippen molar-refractivity contribution < 1.29 is 14.5 Å². The molecule has 2 aromatic rings. The number of ketones is 1. The van der Waals surface area contributed by atoms with Gasteiger partial charge in [0.2, 0.25) is 0 Å². The predicted octanol–water partition coefficient (Wildman–Crippen LogP) is 4.60. The summed E-state index contributed by atoms with van der Waals surface area (Å²) in [4.78, 5) is 30.5. The van der Waals surface area contributed by atoms with Crippen molar-refractivity contribution in [1.29, 1.82) is 0 Å². The highest BCUT2D eigenvalue weighted by molar-refractivity contribution is 5.87. The molecule has 7 nitrogen and oxygen atoms in total. The van der Waals surface area contributed by atoms with Gasteiger partial charge in [0.1, 0.15) is 23.9 Å². The molecule has 0 saturated heterocycles. The largest absolute Gasteiger partial charge is 0.424 e. The highest BCUT2D eigenvalue weighted by atomic mass is 16.6. The average Bonchev–Trinajstić information content (AvgIpc) is 3.03. The first-order chi connectivity index (χ1) is 14.0. The maximum atomic E-state index is 12.5. The quantitative estimate of drug-likeness (QED) is 0.558. The number of aryl methyl sites for hydroxylation is 1. The Balaban J connectivity index is 1.37. The second-order valence-corrected chi connectivity index (χ2v) is 8.78. The first-order valence-corrected chi connectivity index (χ1v) is 10.3. The van der Waals surface area contributed by atoms with Crippen LogP contribution in [0.25, 0.3) is 0 Å². The fourth-order valence-corrected chi connectivity index (χ4v) is 5.96. The molecule has 3 aliphatic carbocycles. The molecule has 5 rings (SSSR count). The van der Waals surface area contributed by atoms with E-state index in [4.69, 9.17) is 4.74 Å². The van der Waals surface area contributed by atoms with E-state index in [2.05, 4.69) is 23.0 Å². The SMILES string of the molecule is C[C@]12CC[C@@H]3c4ccc(Oc5ncc([N+](=O)[O-])cn5)cc4CCC3[C@@H]1CCC2=O. The molecule has 1 heterocycles. The van der Waals surface area contributed by atoms with Crippen LogP contribution in [0.1, 0.15) is 56.1 Å². The predicted molar refractivity (Wildman–Crippen MR) is 105 cm³/mol. The van der Waals surface area contributed by atoms with Gasteiger partial charge in [-0.1, -0.05) is 13.0 Å². The normalized spacial score (nSPS) is 30.2. The van der Waals surface area contributed by atoms with Crippen LogP contribution in [0, 0.1) is 27.4 Å². The molecule has 1 aromatic carbocycles. The summed E-state index contributed by atoms with van der Waals surface area (Å²) in [5.74, 6) is 2.75. The van der Waals surface area contributed by atoms with Gasteiger partial charge in [0.05, 0.1) is 4.92 Å². The summed E-state index contributed by atoms with van der Waals surface area (Å²) in [5.41, 5.74) is 2.41. The van der Waals surface area contributed by atoms with Crippen LogP contribution < -0.4 is 4.74 Å². The van der Waals surface area contributed by atoms with E-state index in [0.717, 1.165) is 50.9 Å². The number of hydrogen-bond donors (Lipinski definition) is 0. The smallest absolute Gasteiger partial charge is 0.322 e. The van der Waals surface area contributed by atoms with E-state index in [-0.39, 0.29) is 17.1 Å². The molecule has 0 spiro atoms. The van der Waals surface area contributed by atoms with E-state index < -0.39 is 4.92 Å². The molecule has 2 fully saturated rings. The maximum absolute atomic E-state index is 12.5. The van der Waals surface area contributed by atoms with Crippen LogP contribution in [-0.4, -0.2) is 20.7 Å². The van der Waals surface area contributed by atoms with Crippen LogP contribution in [-0.2, 0) is 11.2 Å². The van der Waals surface area contributed by atoms with Gasteiger partial charge in [-0.3, -0.25) is 14.9 Å². The van der Waals surface area contributed by atoms with Gasteiger partial charge < -0.3 is 4.74 Å². The van der Waals surface area contributed by atoms with Crippen LogP contribution in [0.15, 0.2) is 30.6 Å². The summed E-state index contributed by atoms with van der Waals surface area (Å²) in [6.45, 7) is 2.19. The molecule has 150 valence electrons. The molecular weight excluding hydrogens is 370 g/mol. The Hall–Kier alpha value is -2.83. The van der Waals surface area contributed by atoms with Gasteiger partial charge in [-0.25, -0.2) is 0 Å². The molecular formula is C22H23N3O4. The molecule has 0 amide bonds. The van der Waals surface area contributed by atoms with Crippen molar-refractivity contribution in [3.8, 4) is 11.8 Å². The van der Waals surface area contributed by atoms with E-state index in [1.165, 1.54) is 11.1 Å². The number of fused-ring (bicyclic) bond motifs is 5. The van der Waals surface area contributed by atoms with Gasteiger partial charge in [-0.15, -0.1) is 0 Å². The number of ether oxygens (including phenoxy) is 1. The molecule has 4 atom stereocenters. The van der Waals surface area contributed by atoms with Gasteiger partial charge >= 0.3 is 11.7 Å². The van der Waals surface area contributed by atoms with Crippen LogP contribution >= 0.6 is 0 Å². The highest BCUT2D eigenvalue weighted by Gasteiger charge is 2.54. The third-order valence-electron chi connectivity index (χ3n) is 7.44. The lowest BCUT2D eigenvalue weighted by Gasteiger charge is -2.48. The number of nitro groups is 1. The number of carbonyl (C=O) groups excluding carboxylic acids is 1. The Labute approximate surface area is 168 Å². The Kier molecular flexibility index (Phi) is 4.15. The minimum atomic E-state index is -0.536. The summed E-state index contributed by atoms with van der Waals surface area (Å²) in [5, 5.41) is 10.7. The monoisotopic (exact) mass is 393 g/mol. The molecule has 7 heteroatoms. The number of nitrogens with zero attached hydrogens (tertiary/aromatic N) is 3. The van der Waals surface area contributed by atoms with Crippen LogP contribution in [0.5, 0.6) is 11.8 Å². The number of aromatic nitrogens is 2. The van der Waals surface area contributed by atoms with E-state index >= 15 is 0 Å². The molecule has 0 radical (unpaired) electrons. The molecule has 0 N–H and O–H groups in total. The van der Waals surface area contributed by atoms with Crippen LogP contribution in [0.2, 0.25) is 0 Å². The zero-order valence-electron chi connectivity index (χ0n) is 16.3. The first kappa shape index (κ1) is 18.2. The highest BCUT2D eigenvalue weighted by Crippen LogP contribution is 2.59. The minimum absolute atomic E-state index is 0.0992. The number of hydrogen-bond acceptors (Lipinski definition) is 6. The van der Waals surface area contributed by atoms with E-state index in [1.54, 1.807) is 0 Å². The second-order valence-electron chi connectivity index (χ2n) is 8.78. The van der Waals surface area contributed by atoms with Crippen molar-refractivity contribution in [2.75, 3.05) is 0 Å². The summed E-state index contributed by atoms with van der Waals surface area (Å²) in [6, 6.07) is 6.22. The molecule has 0 aliphatic heterocycles. The Morgan fingerprint density at radius 2 is 1.97 bits per heavy atom. The van der Waals surface area contributed by atoms with Crippen LogP contribution in [0.3, 0.4) is 0 Å². The Bertz CT molecular complexity index is 990. The lowest BCUT2D eigenvalue weighted by molar-refractivity contribution is -0.385. The molecule has 29 heavy (non-hydrogen) atoms. The van der Waals surface area contributed by atoms with Gasteiger partial charge in [0.25, 0.3) is 0 Å². The molecule has 1 aromatic heterocycles. The number of carbonyl (C=O) groups is 1. The van der Waals surface area contributed by atoms with Crippen molar-refractivity contribution in [1.82, 2.24) is 9.97 Å². The second kappa shape index (κ2) is 6.61. The zero-order chi connectivity index (χ0) is 20.2. The van der Waals surface area contributed by atoms with Gasteiger partial charge in [0, 0.05) is 11.8 Å². The van der Waals surface area contributed by atoms with Gasteiger partial charge in [-0.05, 0) is 73.1 Å². The third-order valence-corrected chi connectivity index (χ3v) is 7.44. The van der Waals surface area contributed by atoms with Crippen LogP contribution in [0.4, 0.5) is 5.69 Å². The summed E-state index contributed by atoms with van der Waals surface area (Å²) in [7, 11) is 0. The van der Waals surface area contributed by atoms with E-state index in [9.17, 15) is 14.9 Å². The fourth-order valence-electron chi connectivity index (χ4n) is 5.96. The molecule has 2 saturated carbocycles. The van der Waals surface area contributed by atoms with E-state index in [0.29, 0.717) is 29.3 Å². The van der Waals surface area contributed by atoms with Crippen molar-refractivity contribution in [2.24, 2.45) is 17.3 Å². The van der Waals surface area contributed by atoms with Gasteiger partial charge in [-0.2, -0.15) is 9.97 Å². The van der Waals surface area contributed by atoms with Crippen molar-refractivity contribution in [3.05, 3.63) is 51.8 Å². The molecule has 1 unspecified atom stereocenters. The summed E-state index contributed by atoms with van der Waals surface area (Å²) < 4.78 is 5.73. The lowest BCUT2D eigenvalue weighted by Crippen LogP contribution is -2.42.